The second-order valence-electron chi connectivity index (χ2n) is 4.06. The summed E-state index contributed by atoms with van der Waals surface area (Å²) in [7, 11) is 0. The largest absolute Gasteiger partial charge is 0.494 e. The highest BCUT2D eigenvalue weighted by Gasteiger charge is 2.04. The van der Waals surface area contributed by atoms with Gasteiger partial charge in [-0.1, -0.05) is 18.5 Å². The van der Waals surface area contributed by atoms with Gasteiger partial charge in [-0.05, 0) is 52.7 Å². The Morgan fingerprint density at radius 1 is 1.32 bits per heavy atom. The summed E-state index contributed by atoms with van der Waals surface area (Å²) < 4.78 is 7.29. The van der Waals surface area contributed by atoms with Crippen LogP contribution in [0.5, 0.6) is 5.75 Å². The van der Waals surface area contributed by atoms with Gasteiger partial charge in [0.25, 0.3) is 0 Å². The lowest BCUT2D eigenvalue weighted by molar-refractivity contribution is 0.317. The van der Waals surface area contributed by atoms with Crippen molar-refractivity contribution >= 4 is 44.6 Å². The number of halogens is 2. The van der Waals surface area contributed by atoms with Crippen LogP contribution in [-0.2, 0) is 6.54 Å². The zero-order valence-electron chi connectivity index (χ0n) is 10.6. The monoisotopic (exact) mass is 359 g/mol. The first-order valence-electron chi connectivity index (χ1n) is 6.09. The molecule has 0 fully saturated rings. The highest BCUT2D eigenvalue weighted by Crippen LogP contribution is 2.32. The molecular formula is C14H15BrClNOS. The Morgan fingerprint density at radius 3 is 2.63 bits per heavy atom. The van der Waals surface area contributed by atoms with Crippen LogP contribution in [0.25, 0.3) is 0 Å². The molecule has 0 bridgehead atoms. The molecule has 1 aromatic carbocycles. The molecular weight excluding hydrogens is 346 g/mol. The summed E-state index contributed by atoms with van der Waals surface area (Å²) in [5, 5.41) is 3.36. The lowest BCUT2D eigenvalue weighted by Gasteiger charge is -2.07. The molecule has 2 rings (SSSR count). The van der Waals surface area contributed by atoms with Gasteiger partial charge in [0.1, 0.15) is 10.1 Å². The van der Waals surface area contributed by atoms with Crippen molar-refractivity contribution in [1.82, 2.24) is 0 Å². The van der Waals surface area contributed by atoms with E-state index in [0.29, 0.717) is 0 Å². The summed E-state index contributed by atoms with van der Waals surface area (Å²) in [6.07, 6.45) is 1.02. The number of benzene rings is 1. The average Bonchev–Trinajstić information content (AvgIpc) is 2.74. The van der Waals surface area contributed by atoms with Crippen molar-refractivity contribution in [2.45, 2.75) is 19.9 Å². The van der Waals surface area contributed by atoms with E-state index < -0.39 is 0 Å². The van der Waals surface area contributed by atoms with Crippen LogP contribution >= 0.6 is 38.9 Å². The fourth-order valence-electron chi connectivity index (χ4n) is 1.56. The maximum absolute atomic E-state index is 6.01. The van der Waals surface area contributed by atoms with E-state index in [1.165, 1.54) is 4.88 Å². The van der Waals surface area contributed by atoms with Gasteiger partial charge in [0, 0.05) is 21.6 Å². The minimum Gasteiger partial charge on any atom is -0.494 e. The van der Waals surface area contributed by atoms with Crippen LogP contribution in [0.15, 0.2) is 34.8 Å². The number of hydrogen-bond acceptors (Lipinski definition) is 3. The zero-order valence-corrected chi connectivity index (χ0v) is 13.7. The third-order valence-corrected chi connectivity index (χ3v) is 4.96. The van der Waals surface area contributed by atoms with E-state index >= 15 is 0 Å². The second-order valence-corrected chi connectivity index (χ2v) is 6.65. The number of anilines is 1. The molecule has 2 aromatic rings. The van der Waals surface area contributed by atoms with E-state index in [1.54, 1.807) is 11.3 Å². The summed E-state index contributed by atoms with van der Waals surface area (Å²) in [5.74, 6) is 0.911. The van der Waals surface area contributed by atoms with Crippen LogP contribution in [0.1, 0.15) is 18.2 Å². The highest BCUT2D eigenvalue weighted by molar-refractivity contribution is 9.10. The molecule has 0 saturated heterocycles. The minimum absolute atomic E-state index is 0.758. The SMILES string of the molecule is CCCOc1ccc(NCc2cc(Br)c(Cl)s2)cc1. The van der Waals surface area contributed by atoms with Crippen molar-refractivity contribution in [3.05, 3.63) is 44.0 Å². The Labute approximate surface area is 130 Å². The fraction of sp³-hybridized carbons (Fsp3) is 0.286. The van der Waals surface area contributed by atoms with Gasteiger partial charge in [0.15, 0.2) is 0 Å². The molecule has 0 amide bonds. The third kappa shape index (κ3) is 4.41. The van der Waals surface area contributed by atoms with Gasteiger partial charge in [0.2, 0.25) is 0 Å². The molecule has 0 aliphatic carbocycles. The summed E-state index contributed by atoms with van der Waals surface area (Å²) in [6, 6.07) is 10.0. The zero-order chi connectivity index (χ0) is 13.7. The van der Waals surface area contributed by atoms with Crippen LogP contribution in [0.4, 0.5) is 5.69 Å². The van der Waals surface area contributed by atoms with E-state index in [-0.39, 0.29) is 0 Å². The smallest absolute Gasteiger partial charge is 0.119 e. The Bertz CT molecular complexity index is 507. The molecule has 1 heterocycles. The number of rotatable bonds is 6. The first-order chi connectivity index (χ1) is 9.19. The van der Waals surface area contributed by atoms with E-state index in [1.807, 2.05) is 30.3 Å². The molecule has 1 N–H and O–H groups in total. The van der Waals surface area contributed by atoms with Crippen molar-refractivity contribution < 1.29 is 4.74 Å². The normalized spacial score (nSPS) is 10.5. The molecule has 0 saturated carbocycles. The summed E-state index contributed by atoms with van der Waals surface area (Å²) in [6.45, 7) is 3.62. The quantitative estimate of drug-likeness (QED) is 0.727. The predicted octanol–water partition coefficient (Wildman–Crippen LogP) is 5.56. The van der Waals surface area contributed by atoms with Gasteiger partial charge in [0.05, 0.1) is 6.61 Å². The topological polar surface area (TPSA) is 21.3 Å². The minimum atomic E-state index is 0.758. The Hall–Kier alpha value is -0.710. The van der Waals surface area contributed by atoms with Crippen molar-refractivity contribution in [3.8, 4) is 5.75 Å². The summed E-state index contributed by atoms with van der Waals surface area (Å²) in [5.41, 5.74) is 1.07. The molecule has 0 spiro atoms. The molecule has 102 valence electrons. The lowest BCUT2D eigenvalue weighted by Crippen LogP contribution is -1.98. The molecule has 2 nitrogen and oxygen atoms in total. The third-order valence-electron chi connectivity index (χ3n) is 2.49. The van der Waals surface area contributed by atoms with Gasteiger partial charge in [-0.2, -0.15) is 0 Å². The molecule has 19 heavy (non-hydrogen) atoms. The van der Waals surface area contributed by atoms with Crippen LogP contribution in [-0.4, -0.2) is 6.61 Å². The number of hydrogen-bond donors (Lipinski definition) is 1. The Kier molecular flexibility index (Phi) is 5.55. The average molecular weight is 361 g/mol. The van der Waals surface area contributed by atoms with Crippen LogP contribution < -0.4 is 10.1 Å². The fourth-order valence-corrected chi connectivity index (χ4v) is 3.29. The number of ether oxygens (including phenoxy) is 1. The molecule has 0 radical (unpaired) electrons. The van der Waals surface area contributed by atoms with Crippen molar-refractivity contribution in [2.75, 3.05) is 11.9 Å². The van der Waals surface area contributed by atoms with Crippen molar-refractivity contribution in [2.24, 2.45) is 0 Å². The molecule has 5 heteroatoms. The van der Waals surface area contributed by atoms with Gasteiger partial charge < -0.3 is 10.1 Å². The van der Waals surface area contributed by atoms with Crippen LogP contribution in [0.2, 0.25) is 4.34 Å². The van der Waals surface area contributed by atoms with Gasteiger partial charge in [-0.25, -0.2) is 0 Å². The maximum atomic E-state index is 6.01. The molecule has 0 aliphatic heterocycles. The Balaban J connectivity index is 1.89. The van der Waals surface area contributed by atoms with Crippen LogP contribution in [0, 0.1) is 0 Å². The second kappa shape index (κ2) is 7.17. The Morgan fingerprint density at radius 2 is 2.05 bits per heavy atom. The number of nitrogens with one attached hydrogen (secondary N) is 1. The molecule has 1 aromatic heterocycles. The van der Waals surface area contributed by atoms with E-state index in [2.05, 4.69) is 28.2 Å². The molecule has 0 atom stereocenters. The standard InChI is InChI=1S/C14H15BrClNOS/c1-2-7-18-11-5-3-10(4-6-11)17-9-12-8-13(15)14(16)19-12/h3-6,8,17H,2,7,9H2,1H3. The molecule has 0 aliphatic rings. The first-order valence-corrected chi connectivity index (χ1v) is 8.08. The first kappa shape index (κ1) is 14.7. The summed E-state index contributed by atoms with van der Waals surface area (Å²) in [4.78, 5) is 1.20. The van der Waals surface area contributed by atoms with E-state index in [0.717, 1.165) is 39.8 Å². The lowest BCUT2D eigenvalue weighted by atomic mass is 10.3. The van der Waals surface area contributed by atoms with Crippen molar-refractivity contribution in [1.29, 1.82) is 0 Å². The van der Waals surface area contributed by atoms with Crippen molar-refractivity contribution in [3.63, 3.8) is 0 Å². The maximum Gasteiger partial charge on any atom is 0.119 e. The van der Waals surface area contributed by atoms with Gasteiger partial charge >= 0.3 is 0 Å². The van der Waals surface area contributed by atoms with Crippen LogP contribution in [0.3, 0.4) is 0 Å². The number of thiophene rings is 1. The predicted molar refractivity (Wildman–Crippen MR) is 86.6 cm³/mol. The van der Waals surface area contributed by atoms with Gasteiger partial charge in [-0.3, -0.25) is 0 Å². The van der Waals surface area contributed by atoms with E-state index in [9.17, 15) is 0 Å². The van der Waals surface area contributed by atoms with Gasteiger partial charge in [-0.15, -0.1) is 11.3 Å². The molecule has 0 unspecified atom stereocenters. The summed E-state index contributed by atoms with van der Waals surface area (Å²) >= 11 is 11.0. The highest BCUT2D eigenvalue weighted by atomic mass is 79.9. The van der Waals surface area contributed by atoms with E-state index in [4.69, 9.17) is 16.3 Å².